The molecule has 0 atom stereocenters. The van der Waals surface area contributed by atoms with Gasteiger partial charge in [-0.05, 0) is 0 Å². The van der Waals surface area contributed by atoms with Crippen LogP contribution in [0.2, 0.25) is 0 Å². The summed E-state index contributed by atoms with van der Waals surface area (Å²) in [6.45, 7) is 4.80. The third-order valence-corrected chi connectivity index (χ3v) is 3.33. The van der Waals surface area contributed by atoms with Crippen LogP contribution < -0.4 is 4.74 Å². The fraction of sp³-hybridized carbons (Fsp3) is 0.455. The molecular formula is C11H15N3OS. The molecule has 2 heterocycles. The molecule has 0 saturated heterocycles. The minimum absolute atomic E-state index is 0.483. The third-order valence-electron chi connectivity index (χ3n) is 2.13. The fourth-order valence-electron chi connectivity index (χ4n) is 1.28. The van der Waals surface area contributed by atoms with Gasteiger partial charge in [0.1, 0.15) is 6.61 Å². The molecule has 0 aromatic carbocycles. The van der Waals surface area contributed by atoms with E-state index in [1.165, 1.54) is 0 Å². The van der Waals surface area contributed by atoms with E-state index in [1.807, 2.05) is 18.6 Å². The maximum absolute atomic E-state index is 5.57. The monoisotopic (exact) mass is 237 g/mol. The van der Waals surface area contributed by atoms with Gasteiger partial charge in [-0.3, -0.25) is 4.68 Å². The number of rotatable bonds is 4. The summed E-state index contributed by atoms with van der Waals surface area (Å²) in [5.41, 5.74) is 0.984. The van der Waals surface area contributed by atoms with Crippen molar-refractivity contribution in [3.05, 3.63) is 28.5 Å². The van der Waals surface area contributed by atoms with Gasteiger partial charge in [0.25, 0.3) is 0 Å². The van der Waals surface area contributed by atoms with Gasteiger partial charge in [-0.2, -0.15) is 5.10 Å². The Balaban J connectivity index is 1.94. The molecule has 2 rings (SSSR count). The zero-order valence-electron chi connectivity index (χ0n) is 9.67. The smallest absolute Gasteiger partial charge is 0.157 e. The Morgan fingerprint density at radius 1 is 1.50 bits per heavy atom. The first kappa shape index (κ1) is 11.1. The molecule has 0 spiro atoms. The number of aryl methyl sites for hydroxylation is 1. The Hall–Kier alpha value is -1.36. The van der Waals surface area contributed by atoms with E-state index in [4.69, 9.17) is 4.74 Å². The second kappa shape index (κ2) is 4.65. The van der Waals surface area contributed by atoms with E-state index in [0.29, 0.717) is 12.5 Å². The van der Waals surface area contributed by atoms with Crippen molar-refractivity contribution in [3.63, 3.8) is 0 Å². The normalized spacial score (nSPS) is 11.0. The molecule has 0 bridgehead atoms. The Labute approximate surface area is 98.9 Å². The van der Waals surface area contributed by atoms with Gasteiger partial charge in [0, 0.05) is 18.3 Å². The van der Waals surface area contributed by atoms with Crippen molar-refractivity contribution in [1.82, 2.24) is 14.8 Å². The molecule has 0 unspecified atom stereocenters. The standard InChI is InChI=1S/C11H15N3OS/c1-8(2)11-13-9(7-16-11)6-15-10-4-12-14(3)5-10/h4-5,7-8H,6H2,1-3H3. The van der Waals surface area contributed by atoms with E-state index >= 15 is 0 Å². The Morgan fingerprint density at radius 2 is 2.31 bits per heavy atom. The van der Waals surface area contributed by atoms with Gasteiger partial charge in [0.15, 0.2) is 5.75 Å². The lowest BCUT2D eigenvalue weighted by Crippen LogP contribution is -1.96. The highest BCUT2D eigenvalue weighted by atomic mass is 32.1. The van der Waals surface area contributed by atoms with Crippen LogP contribution in [0.15, 0.2) is 17.8 Å². The molecule has 5 heteroatoms. The van der Waals surface area contributed by atoms with Crippen molar-refractivity contribution in [2.24, 2.45) is 7.05 Å². The van der Waals surface area contributed by atoms with E-state index in [9.17, 15) is 0 Å². The highest BCUT2D eigenvalue weighted by Gasteiger charge is 2.06. The second-order valence-corrected chi connectivity index (χ2v) is 4.86. The molecular weight excluding hydrogens is 222 g/mol. The first-order valence-corrected chi connectivity index (χ1v) is 6.09. The SMILES string of the molecule is CC(C)c1nc(COc2cnn(C)c2)cs1. The molecule has 0 N–H and O–H groups in total. The molecule has 0 amide bonds. The Bertz CT molecular complexity index is 461. The second-order valence-electron chi connectivity index (χ2n) is 3.97. The van der Waals surface area contributed by atoms with Crippen LogP contribution in [-0.4, -0.2) is 14.8 Å². The van der Waals surface area contributed by atoms with Crippen LogP contribution in [0.4, 0.5) is 0 Å². The quantitative estimate of drug-likeness (QED) is 0.820. The van der Waals surface area contributed by atoms with Crippen molar-refractivity contribution in [2.75, 3.05) is 0 Å². The molecule has 16 heavy (non-hydrogen) atoms. The number of aromatic nitrogens is 3. The number of thiazole rings is 1. The lowest BCUT2D eigenvalue weighted by molar-refractivity contribution is 0.301. The first-order chi connectivity index (χ1) is 7.65. The zero-order chi connectivity index (χ0) is 11.5. The molecule has 4 nitrogen and oxygen atoms in total. The third kappa shape index (κ3) is 2.61. The molecule has 2 aromatic rings. The van der Waals surface area contributed by atoms with E-state index in [-0.39, 0.29) is 0 Å². The summed E-state index contributed by atoms with van der Waals surface area (Å²) in [5, 5.41) is 7.24. The van der Waals surface area contributed by atoms with Crippen LogP contribution in [0.5, 0.6) is 5.75 Å². The maximum Gasteiger partial charge on any atom is 0.157 e. The lowest BCUT2D eigenvalue weighted by atomic mass is 10.2. The minimum Gasteiger partial charge on any atom is -0.484 e. The van der Waals surface area contributed by atoms with E-state index < -0.39 is 0 Å². The van der Waals surface area contributed by atoms with E-state index in [2.05, 4.69) is 23.9 Å². The van der Waals surface area contributed by atoms with Crippen LogP contribution in [0.25, 0.3) is 0 Å². The van der Waals surface area contributed by atoms with Crippen LogP contribution in [0.1, 0.15) is 30.5 Å². The zero-order valence-corrected chi connectivity index (χ0v) is 10.5. The summed E-state index contributed by atoms with van der Waals surface area (Å²) in [4.78, 5) is 4.50. The van der Waals surface area contributed by atoms with Crippen LogP contribution in [0.3, 0.4) is 0 Å². The van der Waals surface area contributed by atoms with E-state index in [0.717, 1.165) is 16.5 Å². The van der Waals surface area contributed by atoms with Crippen molar-refractivity contribution in [2.45, 2.75) is 26.4 Å². The number of nitrogens with zero attached hydrogens (tertiary/aromatic N) is 3. The summed E-state index contributed by atoms with van der Waals surface area (Å²) in [7, 11) is 1.87. The van der Waals surface area contributed by atoms with Crippen molar-refractivity contribution < 1.29 is 4.74 Å². The summed E-state index contributed by atoms with van der Waals surface area (Å²) < 4.78 is 7.28. The predicted octanol–water partition coefficient (Wildman–Crippen LogP) is 2.58. The van der Waals surface area contributed by atoms with Gasteiger partial charge in [-0.1, -0.05) is 13.8 Å². The van der Waals surface area contributed by atoms with Crippen LogP contribution in [-0.2, 0) is 13.7 Å². The minimum atomic E-state index is 0.483. The van der Waals surface area contributed by atoms with Crippen LogP contribution >= 0.6 is 11.3 Å². The van der Waals surface area contributed by atoms with Crippen LogP contribution in [0, 0.1) is 0 Å². The molecule has 0 aliphatic heterocycles. The van der Waals surface area contributed by atoms with Gasteiger partial charge < -0.3 is 4.74 Å². The maximum atomic E-state index is 5.57. The number of ether oxygens (including phenoxy) is 1. The molecule has 0 radical (unpaired) electrons. The average molecular weight is 237 g/mol. The highest BCUT2D eigenvalue weighted by Crippen LogP contribution is 2.20. The fourth-order valence-corrected chi connectivity index (χ4v) is 2.10. The van der Waals surface area contributed by atoms with Gasteiger partial charge in [-0.15, -0.1) is 11.3 Å². The van der Waals surface area contributed by atoms with Gasteiger partial charge in [0.2, 0.25) is 0 Å². The van der Waals surface area contributed by atoms with Gasteiger partial charge in [0.05, 0.1) is 23.1 Å². The summed E-state index contributed by atoms with van der Waals surface area (Å²) in [5.74, 6) is 1.26. The lowest BCUT2D eigenvalue weighted by Gasteiger charge is -2.00. The van der Waals surface area contributed by atoms with Gasteiger partial charge in [-0.25, -0.2) is 4.98 Å². The average Bonchev–Trinajstić information content (AvgIpc) is 2.83. The van der Waals surface area contributed by atoms with Crippen molar-refractivity contribution in [1.29, 1.82) is 0 Å². The molecule has 0 fully saturated rings. The molecule has 2 aromatic heterocycles. The molecule has 86 valence electrons. The Morgan fingerprint density at radius 3 is 2.88 bits per heavy atom. The highest BCUT2D eigenvalue weighted by molar-refractivity contribution is 7.09. The number of hydrogen-bond acceptors (Lipinski definition) is 4. The summed E-state index contributed by atoms with van der Waals surface area (Å²) in [6, 6.07) is 0. The number of hydrogen-bond donors (Lipinski definition) is 0. The Kier molecular flexibility index (Phi) is 3.24. The first-order valence-electron chi connectivity index (χ1n) is 5.21. The van der Waals surface area contributed by atoms with E-state index in [1.54, 1.807) is 22.2 Å². The predicted molar refractivity (Wildman–Crippen MR) is 63.7 cm³/mol. The van der Waals surface area contributed by atoms with Crippen molar-refractivity contribution >= 4 is 11.3 Å². The summed E-state index contributed by atoms with van der Waals surface area (Å²) in [6.07, 6.45) is 3.55. The largest absolute Gasteiger partial charge is 0.484 e. The van der Waals surface area contributed by atoms with Crippen molar-refractivity contribution in [3.8, 4) is 5.75 Å². The molecule has 0 saturated carbocycles. The summed E-state index contributed by atoms with van der Waals surface area (Å²) >= 11 is 1.69. The molecule has 0 aliphatic carbocycles. The van der Waals surface area contributed by atoms with Gasteiger partial charge >= 0.3 is 0 Å². The molecule has 0 aliphatic rings. The topological polar surface area (TPSA) is 39.9 Å².